The predicted molar refractivity (Wildman–Crippen MR) is 79.8 cm³/mol. The first kappa shape index (κ1) is 13.8. The van der Waals surface area contributed by atoms with E-state index in [1.807, 2.05) is 12.3 Å². The van der Waals surface area contributed by atoms with Crippen molar-refractivity contribution in [3.05, 3.63) is 23.9 Å². The van der Waals surface area contributed by atoms with Crippen LogP contribution in [0.2, 0.25) is 0 Å². The largest absolute Gasteiger partial charge is 0.481 e. The molecular formula is C16H25N3O. The number of pyridine rings is 1. The van der Waals surface area contributed by atoms with Crippen molar-refractivity contribution in [3.63, 3.8) is 0 Å². The lowest BCUT2D eigenvalue weighted by atomic mass is 9.97. The van der Waals surface area contributed by atoms with E-state index >= 15 is 0 Å². The Morgan fingerprint density at radius 1 is 1.25 bits per heavy atom. The molecule has 1 aromatic heterocycles. The zero-order valence-corrected chi connectivity index (χ0v) is 12.3. The van der Waals surface area contributed by atoms with Crippen LogP contribution in [0.3, 0.4) is 0 Å². The number of nitrogens with one attached hydrogen (secondary N) is 1. The first-order valence-electron chi connectivity index (χ1n) is 7.79. The summed E-state index contributed by atoms with van der Waals surface area (Å²) in [5, 5.41) is 3.45. The minimum absolute atomic E-state index is 0.699. The Bertz CT molecular complexity index is 410. The first-order valence-corrected chi connectivity index (χ1v) is 7.79. The molecule has 4 nitrogen and oxygen atoms in total. The van der Waals surface area contributed by atoms with Crippen molar-refractivity contribution in [2.45, 2.75) is 38.3 Å². The van der Waals surface area contributed by atoms with Gasteiger partial charge in [-0.15, -0.1) is 0 Å². The van der Waals surface area contributed by atoms with Gasteiger partial charge in [0.1, 0.15) is 0 Å². The summed E-state index contributed by atoms with van der Waals surface area (Å²) in [6.07, 6.45) is 7.34. The summed E-state index contributed by atoms with van der Waals surface area (Å²) >= 11 is 0. The van der Waals surface area contributed by atoms with Crippen LogP contribution in [0.5, 0.6) is 5.88 Å². The van der Waals surface area contributed by atoms with Crippen molar-refractivity contribution >= 4 is 0 Å². The molecule has 1 aliphatic heterocycles. The quantitative estimate of drug-likeness (QED) is 0.862. The van der Waals surface area contributed by atoms with Crippen molar-refractivity contribution < 1.29 is 4.74 Å². The highest BCUT2D eigenvalue weighted by Gasteiger charge is 2.30. The maximum atomic E-state index is 5.12. The molecule has 0 radical (unpaired) electrons. The zero-order valence-electron chi connectivity index (χ0n) is 12.3. The van der Waals surface area contributed by atoms with Gasteiger partial charge >= 0.3 is 0 Å². The standard InChI is InChI=1S/C16H25N3O/c1-20-16-5-2-14(10-18-16)12-19(15-3-4-15)11-13-6-8-17-9-7-13/h2,5,10,13,15,17H,3-4,6-9,11-12H2,1H3. The van der Waals surface area contributed by atoms with Gasteiger partial charge in [0.15, 0.2) is 0 Å². The third kappa shape index (κ3) is 3.70. The molecule has 1 N–H and O–H groups in total. The second kappa shape index (κ2) is 6.55. The van der Waals surface area contributed by atoms with Crippen molar-refractivity contribution in [2.24, 2.45) is 5.92 Å². The molecule has 1 saturated carbocycles. The monoisotopic (exact) mass is 275 g/mol. The lowest BCUT2D eigenvalue weighted by Gasteiger charge is -2.30. The van der Waals surface area contributed by atoms with Crippen molar-refractivity contribution in [2.75, 3.05) is 26.7 Å². The fourth-order valence-electron chi connectivity index (χ4n) is 3.04. The topological polar surface area (TPSA) is 37.4 Å². The minimum atomic E-state index is 0.699. The summed E-state index contributed by atoms with van der Waals surface area (Å²) in [5.74, 6) is 1.56. The smallest absolute Gasteiger partial charge is 0.212 e. The molecule has 0 spiro atoms. The SMILES string of the molecule is COc1ccc(CN(CC2CCNCC2)C2CC2)cn1. The van der Waals surface area contributed by atoms with E-state index in [9.17, 15) is 0 Å². The average molecular weight is 275 g/mol. The van der Waals surface area contributed by atoms with E-state index in [2.05, 4.69) is 21.3 Å². The van der Waals surface area contributed by atoms with Crippen LogP contribution < -0.4 is 10.1 Å². The molecule has 1 saturated heterocycles. The van der Waals surface area contributed by atoms with E-state index in [0.717, 1.165) is 18.5 Å². The highest BCUT2D eigenvalue weighted by Crippen LogP contribution is 2.30. The number of rotatable bonds is 6. The molecule has 3 rings (SSSR count). The molecule has 110 valence electrons. The third-order valence-electron chi connectivity index (χ3n) is 4.41. The maximum Gasteiger partial charge on any atom is 0.212 e. The number of hydrogen-bond donors (Lipinski definition) is 1. The number of hydrogen-bond acceptors (Lipinski definition) is 4. The van der Waals surface area contributed by atoms with Crippen LogP contribution in [0.4, 0.5) is 0 Å². The Labute approximate surface area is 121 Å². The van der Waals surface area contributed by atoms with Crippen molar-refractivity contribution in [1.29, 1.82) is 0 Å². The van der Waals surface area contributed by atoms with Gasteiger partial charge in [-0.2, -0.15) is 0 Å². The molecule has 2 heterocycles. The lowest BCUT2D eigenvalue weighted by molar-refractivity contribution is 0.190. The zero-order chi connectivity index (χ0) is 13.8. The summed E-state index contributed by atoms with van der Waals surface area (Å²) in [4.78, 5) is 6.98. The first-order chi connectivity index (χ1) is 9.85. The van der Waals surface area contributed by atoms with Crippen LogP contribution >= 0.6 is 0 Å². The summed E-state index contributed by atoms with van der Waals surface area (Å²) in [5.41, 5.74) is 1.30. The highest BCUT2D eigenvalue weighted by atomic mass is 16.5. The molecule has 20 heavy (non-hydrogen) atoms. The van der Waals surface area contributed by atoms with Gasteiger partial charge in [-0.1, -0.05) is 6.07 Å². The number of ether oxygens (including phenoxy) is 1. The second-order valence-corrected chi connectivity index (χ2v) is 6.06. The van der Waals surface area contributed by atoms with E-state index in [0.29, 0.717) is 5.88 Å². The van der Waals surface area contributed by atoms with Gasteiger partial charge in [0.25, 0.3) is 0 Å². The van der Waals surface area contributed by atoms with E-state index in [1.165, 1.54) is 50.9 Å². The Morgan fingerprint density at radius 2 is 2.05 bits per heavy atom. The minimum Gasteiger partial charge on any atom is -0.481 e. The van der Waals surface area contributed by atoms with Crippen molar-refractivity contribution in [3.8, 4) is 5.88 Å². The predicted octanol–water partition coefficient (Wildman–Crippen LogP) is 2.05. The average Bonchev–Trinajstić information content (AvgIpc) is 3.33. The van der Waals surface area contributed by atoms with Gasteiger partial charge in [0, 0.05) is 31.4 Å². The Hall–Kier alpha value is -1.13. The van der Waals surface area contributed by atoms with Gasteiger partial charge in [0.05, 0.1) is 7.11 Å². The fourth-order valence-corrected chi connectivity index (χ4v) is 3.04. The van der Waals surface area contributed by atoms with E-state index < -0.39 is 0 Å². The van der Waals surface area contributed by atoms with E-state index in [4.69, 9.17) is 4.74 Å². The number of aromatic nitrogens is 1. The summed E-state index contributed by atoms with van der Waals surface area (Å²) in [6, 6.07) is 4.92. The number of piperidine rings is 1. The van der Waals surface area contributed by atoms with Crippen LogP contribution in [0.1, 0.15) is 31.2 Å². The molecule has 0 bridgehead atoms. The normalized spacial score (nSPS) is 20.3. The molecule has 1 aliphatic carbocycles. The summed E-state index contributed by atoms with van der Waals surface area (Å²) < 4.78 is 5.12. The Kier molecular flexibility index (Phi) is 4.53. The van der Waals surface area contributed by atoms with Gasteiger partial charge in [-0.25, -0.2) is 4.98 Å². The maximum absolute atomic E-state index is 5.12. The van der Waals surface area contributed by atoms with Gasteiger partial charge in [-0.05, 0) is 50.3 Å². The molecule has 4 heteroatoms. The van der Waals surface area contributed by atoms with Gasteiger partial charge < -0.3 is 10.1 Å². The molecule has 2 aliphatic rings. The number of nitrogens with zero attached hydrogens (tertiary/aromatic N) is 2. The molecule has 0 atom stereocenters. The fraction of sp³-hybridized carbons (Fsp3) is 0.688. The summed E-state index contributed by atoms with van der Waals surface area (Å²) in [6.45, 7) is 4.66. The van der Waals surface area contributed by atoms with Crippen LogP contribution in [0.15, 0.2) is 18.3 Å². The third-order valence-corrected chi connectivity index (χ3v) is 4.41. The molecular weight excluding hydrogens is 250 g/mol. The van der Waals surface area contributed by atoms with Crippen LogP contribution in [-0.4, -0.2) is 42.7 Å². The summed E-state index contributed by atoms with van der Waals surface area (Å²) in [7, 11) is 1.66. The molecule has 1 aromatic rings. The van der Waals surface area contributed by atoms with Gasteiger partial charge in [-0.3, -0.25) is 4.90 Å². The molecule has 0 aromatic carbocycles. The van der Waals surface area contributed by atoms with Crippen molar-refractivity contribution in [1.82, 2.24) is 15.2 Å². The van der Waals surface area contributed by atoms with Crippen LogP contribution in [-0.2, 0) is 6.54 Å². The highest BCUT2D eigenvalue weighted by molar-refractivity contribution is 5.18. The number of methoxy groups -OCH3 is 1. The Morgan fingerprint density at radius 3 is 2.65 bits per heavy atom. The second-order valence-electron chi connectivity index (χ2n) is 6.06. The Balaban J connectivity index is 1.58. The van der Waals surface area contributed by atoms with E-state index in [-0.39, 0.29) is 0 Å². The molecule has 2 fully saturated rings. The molecule has 0 amide bonds. The van der Waals surface area contributed by atoms with Crippen LogP contribution in [0, 0.1) is 5.92 Å². The lowest BCUT2D eigenvalue weighted by Crippen LogP contribution is -2.37. The van der Waals surface area contributed by atoms with Crippen LogP contribution in [0.25, 0.3) is 0 Å². The van der Waals surface area contributed by atoms with Gasteiger partial charge in [0.2, 0.25) is 5.88 Å². The van der Waals surface area contributed by atoms with E-state index in [1.54, 1.807) is 7.11 Å². The molecule has 0 unspecified atom stereocenters.